The molecule has 5 nitrogen and oxygen atoms in total. The van der Waals surface area contributed by atoms with Gasteiger partial charge < -0.3 is 15.5 Å². The van der Waals surface area contributed by atoms with E-state index >= 15 is 0 Å². The van der Waals surface area contributed by atoms with Crippen molar-refractivity contribution in [1.82, 2.24) is 5.32 Å². The van der Waals surface area contributed by atoms with Crippen LogP contribution in [0.2, 0.25) is 0 Å². The number of nitrogens with one attached hydrogen (secondary N) is 1. The molecule has 1 aliphatic carbocycles. The van der Waals surface area contributed by atoms with E-state index in [0.29, 0.717) is 25.7 Å². The minimum absolute atomic E-state index is 0.254. The lowest BCUT2D eigenvalue weighted by Gasteiger charge is -2.34. The van der Waals surface area contributed by atoms with Crippen LogP contribution in [0.4, 0.5) is 4.39 Å². The number of phenols is 1. The van der Waals surface area contributed by atoms with Crippen LogP contribution in [0.5, 0.6) is 5.75 Å². The molecule has 6 heteroatoms. The van der Waals surface area contributed by atoms with Crippen molar-refractivity contribution in [3.8, 4) is 5.75 Å². The van der Waals surface area contributed by atoms with Crippen LogP contribution in [-0.2, 0) is 4.79 Å². The van der Waals surface area contributed by atoms with E-state index in [1.807, 2.05) is 0 Å². The van der Waals surface area contributed by atoms with E-state index < -0.39 is 23.2 Å². The Hall–Kier alpha value is -2.11. The molecule has 0 radical (unpaired) electrons. The molecule has 0 bridgehead atoms. The van der Waals surface area contributed by atoms with Crippen LogP contribution in [-0.4, -0.2) is 27.6 Å². The molecule has 2 rings (SSSR count). The van der Waals surface area contributed by atoms with Gasteiger partial charge in [-0.25, -0.2) is 9.18 Å². The van der Waals surface area contributed by atoms with Crippen molar-refractivity contribution in [3.05, 3.63) is 29.6 Å². The van der Waals surface area contributed by atoms with Crippen molar-refractivity contribution in [3.63, 3.8) is 0 Å². The Morgan fingerprint density at radius 1 is 1.20 bits per heavy atom. The van der Waals surface area contributed by atoms with E-state index in [0.717, 1.165) is 24.6 Å². The third-order valence-electron chi connectivity index (χ3n) is 3.67. The van der Waals surface area contributed by atoms with E-state index in [-0.39, 0.29) is 11.3 Å². The van der Waals surface area contributed by atoms with E-state index in [1.54, 1.807) is 0 Å². The fourth-order valence-corrected chi connectivity index (χ4v) is 2.52. The second-order valence-corrected chi connectivity index (χ2v) is 5.06. The summed E-state index contributed by atoms with van der Waals surface area (Å²) in [5.74, 6) is -2.91. The van der Waals surface area contributed by atoms with Gasteiger partial charge in [-0.15, -0.1) is 0 Å². The van der Waals surface area contributed by atoms with E-state index in [9.17, 15) is 24.2 Å². The lowest BCUT2D eigenvalue weighted by atomic mass is 9.81. The van der Waals surface area contributed by atoms with E-state index in [2.05, 4.69) is 5.32 Å². The minimum Gasteiger partial charge on any atom is -0.507 e. The average molecular weight is 281 g/mol. The first-order valence-corrected chi connectivity index (χ1v) is 6.49. The molecule has 3 N–H and O–H groups in total. The predicted octanol–water partition coefficient (Wildman–Crippen LogP) is 2.05. The summed E-state index contributed by atoms with van der Waals surface area (Å²) in [5, 5.41) is 21.4. The molecule has 108 valence electrons. The standard InChI is InChI=1S/C14H16FNO4/c15-9-4-5-11(17)10(8-9)12(18)16-14(13(19)20)6-2-1-3-7-14/h4-5,8,17H,1-3,6-7H2,(H,16,18)(H,19,20). The van der Waals surface area contributed by atoms with E-state index in [1.165, 1.54) is 0 Å². The topological polar surface area (TPSA) is 86.6 Å². The summed E-state index contributed by atoms with van der Waals surface area (Å²) in [6, 6.07) is 2.99. The molecule has 20 heavy (non-hydrogen) atoms. The third kappa shape index (κ3) is 2.74. The molecule has 1 amide bonds. The van der Waals surface area contributed by atoms with Crippen LogP contribution in [0.1, 0.15) is 42.5 Å². The van der Waals surface area contributed by atoms with Gasteiger partial charge in [-0.05, 0) is 31.0 Å². The van der Waals surface area contributed by atoms with Crippen LogP contribution >= 0.6 is 0 Å². The Kier molecular flexibility index (Phi) is 3.92. The zero-order valence-corrected chi connectivity index (χ0v) is 10.9. The SMILES string of the molecule is O=C(NC1(C(=O)O)CCCCC1)c1cc(F)ccc1O. The molecule has 1 aliphatic rings. The van der Waals surface area contributed by atoms with Crippen LogP contribution in [0.25, 0.3) is 0 Å². The number of halogens is 1. The number of hydrogen-bond donors (Lipinski definition) is 3. The summed E-state index contributed by atoms with van der Waals surface area (Å²) in [6.45, 7) is 0. The molecule has 0 unspecified atom stereocenters. The van der Waals surface area contributed by atoms with Crippen LogP contribution < -0.4 is 5.32 Å². The molecule has 1 aromatic carbocycles. The van der Waals surface area contributed by atoms with Gasteiger partial charge in [0.05, 0.1) is 5.56 Å². The highest BCUT2D eigenvalue weighted by molar-refractivity contribution is 5.99. The third-order valence-corrected chi connectivity index (χ3v) is 3.67. The van der Waals surface area contributed by atoms with Gasteiger partial charge >= 0.3 is 5.97 Å². The Morgan fingerprint density at radius 2 is 1.85 bits per heavy atom. The maximum atomic E-state index is 13.1. The van der Waals surface area contributed by atoms with Crippen molar-refractivity contribution < 1.29 is 24.2 Å². The Labute approximate surface area is 115 Å². The maximum Gasteiger partial charge on any atom is 0.329 e. The van der Waals surface area contributed by atoms with Crippen molar-refractivity contribution in [2.75, 3.05) is 0 Å². The summed E-state index contributed by atoms with van der Waals surface area (Å²) >= 11 is 0. The maximum absolute atomic E-state index is 13.1. The molecule has 1 saturated carbocycles. The van der Waals surface area contributed by atoms with Gasteiger partial charge in [0.1, 0.15) is 17.1 Å². The highest BCUT2D eigenvalue weighted by Gasteiger charge is 2.41. The summed E-state index contributed by atoms with van der Waals surface area (Å²) in [5.41, 5.74) is -1.58. The zero-order chi connectivity index (χ0) is 14.8. The molecule has 0 heterocycles. The van der Waals surface area contributed by atoms with Crippen LogP contribution in [0.3, 0.4) is 0 Å². The number of carboxylic acid groups (broad SMARTS) is 1. The second-order valence-electron chi connectivity index (χ2n) is 5.06. The minimum atomic E-state index is -1.33. The summed E-state index contributed by atoms with van der Waals surface area (Å²) in [7, 11) is 0. The first-order chi connectivity index (χ1) is 9.44. The number of amides is 1. The van der Waals surface area contributed by atoms with Gasteiger partial charge in [0.25, 0.3) is 5.91 Å². The highest BCUT2D eigenvalue weighted by atomic mass is 19.1. The van der Waals surface area contributed by atoms with E-state index in [4.69, 9.17) is 0 Å². The van der Waals surface area contributed by atoms with Crippen LogP contribution in [0.15, 0.2) is 18.2 Å². The number of phenolic OH excluding ortho intramolecular Hbond substituents is 1. The normalized spacial score (nSPS) is 17.4. The quantitative estimate of drug-likeness (QED) is 0.791. The lowest BCUT2D eigenvalue weighted by molar-refractivity contribution is -0.145. The number of rotatable bonds is 3. The summed E-state index contributed by atoms with van der Waals surface area (Å²) in [6.07, 6.45) is 3.02. The Balaban J connectivity index is 2.24. The Bertz CT molecular complexity index is 538. The van der Waals surface area contributed by atoms with Gasteiger partial charge in [0.2, 0.25) is 0 Å². The summed E-state index contributed by atoms with van der Waals surface area (Å²) in [4.78, 5) is 23.5. The average Bonchev–Trinajstić information content (AvgIpc) is 2.42. The zero-order valence-electron chi connectivity index (χ0n) is 10.9. The fraction of sp³-hybridized carbons (Fsp3) is 0.429. The molecule has 0 aromatic heterocycles. The number of hydrogen-bond acceptors (Lipinski definition) is 3. The molecule has 0 aliphatic heterocycles. The number of aliphatic carboxylic acids is 1. The molecule has 0 saturated heterocycles. The predicted molar refractivity (Wildman–Crippen MR) is 69.0 cm³/mol. The number of benzene rings is 1. The highest BCUT2D eigenvalue weighted by Crippen LogP contribution is 2.29. The van der Waals surface area contributed by atoms with Crippen molar-refractivity contribution in [2.24, 2.45) is 0 Å². The van der Waals surface area contributed by atoms with Crippen molar-refractivity contribution in [2.45, 2.75) is 37.6 Å². The number of carbonyl (C=O) groups excluding carboxylic acids is 1. The number of carboxylic acids is 1. The molecule has 0 atom stereocenters. The number of aromatic hydroxyl groups is 1. The second kappa shape index (κ2) is 5.48. The lowest BCUT2D eigenvalue weighted by Crippen LogP contribution is -2.55. The first kappa shape index (κ1) is 14.3. The van der Waals surface area contributed by atoms with Crippen LogP contribution in [0, 0.1) is 5.82 Å². The smallest absolute Gasteiger partial charge is 0.329 e. The largest absolute Gasteiger partial charge is 0.507 e. The molecular formula is C14H16FNO4. The van der Waals surface area contributed by atoms with Crippen molar-refractivity contribution >= 4 is 11.9 Å². The molecule has 1 aromatic rings. The molecular weight excluding hydrogens is 265 g/mol. The van der Waals surface area contributed by atoms with Gasteiger partial charge in [-0.1, -0.05) is 19.3 Å². The van der Waals surface area contributed by atoms with Gasteiger partial charge in [-0.2, -0.15) is 0 Å². The first-order valence-electron chi connectivity index (χ1n) is 6.49. The van der Waals surface area contributed by atoms with Gasteiger partial charge in [0, 0.05) is 0 Å². The van der Waals surface area contributed by atoms with Gasteiger partial charge in [-0.3, -0.25) is 4.79 Å². The fourth-order valence-electron chi connectivity index (χ4n) is 2.52. The summed E-state index contributed by atoms with van der Waals surface area (Å²) < 4.78 is 13.1. The molecule has 1 fully saturated rings. The number of carbonyl (C=O) groups is 2. The van der Waals surface area contributed by atoms with Gasteiger partial charge in [0.15, 0.2) is 0 Å². The monoisotopic (exact) mass is 281 g/mol. The Morgan fingerprint density at radius 3 is 2.45 bits per heavy atom. The van der Waals surface area contributed by atoms with Crippen molar-refractivity contribution in [1.29, 1.82) is 0 Å². The molecule has 0 spiro atoms.